The Balaban J connectivity index is 2.28. The Labute approximate surface area is 103 Å². The van der Waals surface area contributed by atoms with Gasteiger partial charge < -0.3 is 14.9 Å². The van der Waals surface area contributed by atoms with Crippen LogP contribution >= 0.6 is 0 Å². The van der Waals surface area contributed by atoms with Gasteiger partial charge in [0.1, 0.15) is 5.75 Å². The predicted octanol–water partition coefficient (Wildman–Crippen LogP) is 1.46. The first kappa shape index (κ1) is 12.0. The van der Waals surface area contributed by atoms with Crippen LogP contribution in [0.25, 0.3) is 0 Å². The SMILES string of the molecule is O=C(O)c1ccnc(Oc2ccccc2CO)n1. The number of carbonyl (C=O) groups is 1. The summed E-state index contributed by atoms with van der Waals surface area (Å²) in [6, 6.07) is 8.02. The van der Waals surface area contributed by atoms with E-state index in [1.54, 1.807) is 24.3 Å². The van der Waals surface area contributed by atoms with E-state index in [1.807, 2.05) is 0 Å². The van der Waals surface area contributed by atoms with Crippen LogP contribution in [0, 0.1) is 0 Å². The molecule has 2 N–H and O–H groups in total. The molecule has 0 aliphatic rings. The highest BCUT2D eigenvalue weighted by Gasteiger charge is 2.09. The summed E-state index contributed by atoms with van der Waals surface area (Å²) in [6.45, 7) is -0.186. The van der Waals surface area contributed by atoms with E-state index in [2.05, 4.69) is 9.97 Å². The lowest BCUT2D eigenvalue weighted by Gasteiger charge is -2.07. The molecule has 6 heteroatoms. The molecule has 18 heavy (non-hydrogen) atoms. The molecule has 0 spiro atoms. The molecule has 0 aliphatic carbocycles. The Morgan fingerprint density at radius 2 is 2.06 bits per heavy atom. The molecular formula is C12H10N2O4. The molecular weight excluding hydrogens is 236 g/mol. The van der Waals surface area contributed by atoms with E-state index in [4.69, 9.17) is 14.9 Å². The molecule has 0 radical (unpaired) electrons. The summed E-state index contributed by atoms with van der Waals surface area (Å²) in [5, 5.41) is 17.9. The molecule has 0 amide bonds. The summed E-state index contributed by atoms with van der Waals surface area (Å²) in [5.74, 6) is -0.764. The number of hydrogen-bond acceptors (Lipinski definition) is 5. The Kier molecular flexibility index (Phi) is 3.49. The zero-order chi connectivity index (χ0) is 13.0. The highest BCUT2D eigenvalue weighted by molar-refractivity contribution is 5.85. The fourth-order valence-electron chi connectivity index (χ4n) is 1.34. The minimum absolute atomic E-state index is 0.0733. The van der Waals surface area contributed by atoms with E-state index < -0.39 is 5.97 Å². The van der Waals surface area contributed by atoms with E-state index in [9.17, 15) is 4.79 Å². The van der Waals surface area contributed by atoms with Crippen molar-refractivity contribution in [2.75, 3.05) is 0 Å². The molecule has 0 bridgehead atoms. The molecule has 1 aromatic heterocycles. The van der Waals surface area contributed by atoms with Gasteiger partial charge in [0.2, 0.25) is 0 Å². The van der Waals surface area contributed by atoms with E-state index in [0.717, 1.165) is 0 Å². The van der Waals surface area contributed by atoms with Gasteiger partial charge in [0.05, 0.1) is 6.61 Å². The molecule has 0 unspecified atom stereocenters. The second-order valence-corrected chi connectivity index (χ2v) is 3.40. The lowest BCUT2D eigenvalue weighted by atomic mass is 10.2. The Morgan fingerprint density at radius 3 is 2.78 bits per heavy atom. The lowest BCUT2D eigenvalue weighted by molar-refractivity contribution is 0.0689. The van der Waals surface area contributed by atoms with E-state index in [0.29, 0.717) is 11.3 Å². The summed E-state index contributed by atoms with van der Waals surface area (Å²) < 4.78 is 5.35. The van der Waals surface area contributed by atoms with Gasteiger partial charge in [-0.25, -0.2) is 9.78 Å². The minimum Gasteiger partial charge on any atom is -0.477 e. The van der Waals surface area contributed by atoms with Crippen molar-refractivity contribution in [2.24, 2.45) is 0 Å². The number of hydrogen-bond donors (Lipinski definition) is 2. The Hall–Kier alpha value is -2.47. The zero-order valence-corrected chi connectivity index (χ0v) is 9.28. The van der Waals surface area contributed by atoms with Crippen molar-refractivity contribution in [2.45, 2.75) is 6.61 Å². The first-order chi connectivity index (χ1) is 8.70. The van der Waals surface area contributed by atoms with Gasteiger partial charge in [-0.15, -0.1) is 0 Å². The van der Waals surface area contributed by atoms with Crippen molar-refractivity contribution in [1.82, 2.24) is 9.97 Å². The predicted molar refractivity (Wildman–Crippen MR) is 61.4 cm³/mol. The number of nitrogens with zero attached hydrogens (tertiary/aromatic N) is 2. The minimum atomic E-state index is -1.15. The maximum Gasteiger partial charge on any atom is 0.354 e. The van der Waals surface area contributed by atoms with Gasteiger partial charge in [0, 0.05) is 11.8 Å². The molecule has 0 saturated carbocycles. The summed E-state index contributed by atoms with van der Waals surface area (Å²) in [6.07, 6.45) is 1.30. The quantitative estimate of drug-likeness (QED) is 0.848. The van der Waals surface area contributed by atoms with Crippen LogP contribution in [0.15, 0.2) is 36.5 Å². The Morgan fingerprint density at radius 1 is 1.28 bits per heavy atom. The van der Waals surface area contributed by atoms with Crippen LogP contribution in [-0.4, -0.2) is 26.2 Å². The normalized spacial score (nSPS) is 10.1. The summed E-state index contributed by atoms with van der Waals surface area (Å²) in [4.78, 5) is 18.3. The highest BCUT2D eigenvalue weighted by atomic mass is 16.5. The van der Waals surface area contributed by atoms with E-state index in [1.165, 1.54) is 12.3 Å². The second kappa shape index (κ2) is 5.24. The third kappa shape index (κ3) is 2.61. The first-order valence-electron chi connectivity index (χ1n) is 5.13. The smallest absolute Gasteiger partial charge is 0.354 e. The number of aliphatic hydroxyl groups is 1. The fourth-order valence-corrected chi connectivity index (χ4v) is 1.34. The molecule has 1 heterocycles. The van der Waals surface area contributed by atoms with Crippen molar-refractivity contribution < 1.29 is 19.7 Å². The van der Waals surface area contributed by atoms with Gasteiger partial charge in [-0.3, -0.25) is 0 Å². The maximum atomic E-state index is 10.7. The highest BCUT2D eigenvalue weighted by Crippen LogP contribution is 2.22. The molecule has 0 aliphatic heterocycles. The molecule has 2 rings (SSSR count). The Bertz CT molecular complexity index is 572. The maximum absolute atomic E-state index is 10.7. The van der Waals surface area contributed by atoms with Crippen LogP contribution < -0.4 is 4.74 Å². The van der Waals surface area contributed by atoms with Gasteiger partial charge in [-0.1, -0.05) is 18.2 Å². The monoisotopic (exact) mass is 246 g/mol. The summed E-state index contributed by atoms with van der Waals surface area (Å²) in [7, 11) is 0. The van der Waals surface area contributed by atoms with Crippen LogP contribution in [0.4, 0.5) is 0 Å². The number of carboxylic acids is 1. The standard InChI is InChI=1S/C12H10N2O4/c15-7-8-3-1-2-4-10(8)18-12-13-6-5-9(14-12)11(16)17/h1-6,15H,7H2,(H,16,17). The van der Waals surface area contributed by atoms with Crippen LogP contribution in [0.1, 0.15) is 16.1 Å². The number of carboxylic acid groups (broad SMARTS) is 1. The molecule has 1 aromatic carbocycles. The lowest BCUT2D eigenvalue weighted by Crippen LogP contribution is -2.03. The summed E-state index contributed by atoms with van der Waals surface area (Å²) in [5.41, 5.74) is 0.420. The number of ether oxygens (including phenoxy) is 1. The third-order valence-corrected chi connectivity index (χ3v) is 2.20. The van der Waals surface area contributed by atoms with Gasteiger partial charge in [0.25, 0.3) is 0 Å². The fraction of sp³-hybridized carbons (Fsp3) is 0.0833. The van der Waals surface area contributed by atoms with Crippen molar-refractivity contribution >= 4 is 5.97 Å². The van der Waals surface area contributed by atoms with Crippen molar-refractivity contribution in [3.63, 3.8) is 0 Å². The number of aliphatic hydroxyl groups excluding tert-OH is 1. The topological polar surface area (TPSA) is 92.5 Å². The van der Waals surface area contributed by atoms with Gasteiger partial charge in [0.15, 0.2) is 5.69 Å². The van der Waals surface area contributed by atoms with E-state index in [-0.39, 0.29) is 18.3 Å². The van der Waals surface area contributed by atoms with Crippen LogP contribution in [0.5, 0.6) is 11.8 Å². The molecule has 2 aromatic rings. The van der Waals surface area contributed by atoms with Crippen molar-refractivity contribution in [1.29, 1.82) is 0 Å². The molecule has 6 nitrogen and oxygen atoms in total. The van der Waals surface area contributed by atoms with Gasteiger partial charge in [-0.2, -0.15) is 4.98 Å². The number of para-hydroxylation sites is 1. The number of aromatic nitrogens is 2. The van der Waals surface area contributed by atoms with Crippen LogP contribution in [0.2, 0.25) is 0 Å². The van der Waals surface area contributed by atoms with Crippen molar-refractivity contribution in [3.8, 4) is 11.8 Å². The zero-order valence-electron chi connectivity index (χ0n) is 9.28. The van der Waals surface area contributed by atoms with Crippen molar-refractivity contribution in [3.05, 3.63) is 47.8 Å². The number of benzene rings is 1. The molecule has 0 fully saturated rings. The number of aromatic carboxylic acids is 1. The number of rotatable bonds is 4. The van der Waals surface area contributed by atoms with E-state index >= 15 is 0 Å². The molecule has 92 valence electrons. The van der Waals surface area contributed by atoms with Crippen LogP contribution in [-0.2, 0) is 6.61 Å². The second-order valence-electron chi connectivity index (χ2n) is 3.40. The summed E-state index contributed by atoms with van der Waals surface area (Å²) >= 11 is 0. The first-order valence-corrected chi connectivity index (χ1v) is 5.13. The van der Waals surface area contributed by atoms with Gasteiger partial charge in [-0.05, 0) is 12.1 Å². The largest absolute Gasteiger partial charge is 0.477 e. The average Bonchev–Trinajstić information content (AvgIpc) is 2.39. The van der Waals surface area contributed by atoms with Gasteiger partial charge >= 0.3 is 12.0 Å². The molecule has 0 atom stereocenters. The van der Waals surface area contributed by atoms with Crippen LogP contribution in [0.3, 0.4) is 0 Å². The third-order valence-electron chi connectivity index (χ3n) is 2.20. The average molecular weight is 246 g/mol. The molecule has 0 saturated heterocycles.